The van der Waals surface area contributed by atoms with Crippen molar-refractivity contribution in [2.75, 3.05) is 20.7 Å². The summed E-state index contributed by atoms with van der Waals surface area (Å²) in [7, 11) is 3.88. The number of hydrogen-bond donors (Lipinski definition) is 0. The van der Waals surface area contributed by atoms with E-state index in [1.165, 1.54) is 11.1 Å². The average Bonchev–Trinajstić information content (AvgIpc) is 2.57. The lowest BCUT2D eigenvalue weighted by Gasteiger charge is -2.26. The van der Waals surface area contributed by atoms with Gasteiger partial charge < -0.3 is 4.74 Å². The molecule has 1 unspecified atom stereocenters. The van der Waals surface area contributed by atoms with Gasteiger partial charge in [0.05, 0.1) is 7.11 Å². The van der Waals surface area contributed by atoms with Crippen LogP contribution in [0.1, 0.15) is 30.5 Å². The smallest absolute Gasteiger partial charge is 0.118 e. The Morgan fingerprint density at radius 1 is 1.05 bits per heavy atom. The Hall–Kier alpha value is -2.06. The standard InChI is InChI=1S/C20H25NO/c1-4-20(18-12-14-19(22-3)15-13-18)21(2)16-8-11-17-9-6-5-7-10-17/h5-15,20H,4,16H2,1-3H3. The van der Waals surface area contributed by atoms with Crippen molar-refractivity contribution < 1.29 is 4.74 Å². The third-order valence-electron chi connectivity index (χ3n) is 3.92. The molecule has 22 heavy (non-hydrogen) atoms. The van der Waals surface area contributed by atoms with Gasteiger partial charge in [-0.3, -0.25) is 4.90 Å². The molecule has 116 valence electrons. The van der Waals surface area contributed by atoms with Gasteiger partial charge in [-0.15, -0.1) is 0 Å². The first-order chi connectivity index (χ1) is 10.7. The highest BCUT2D eigenvalue weighted by Crippen LogP contribution is 2.24. The van der Waals surface area contributed by atoms with Gasteiger partial charge in [-0.2, -0.15) is 0 Å². The molecule has 1 atom stereocenters. The van der Waals surface area contributed by atoms with Crippen LogP contribution in [0.15, 0.2) is 60.7 Å². The zero-order valence-corrected chi connectivity index (χ0v) is 13.7. The molecular formula is C20H25NO. The number of hydrogen-bond acceptors (Lipinski definition) is 2. The normalized spacial score (nSPS) is 12.7. The number of rotatable bonds is 7. The van der Waals surface area contributed by atoms with Gasteiger partial charge in [-0.1, -0.05) is 61.5 Å². The van der Waals surface area contributed by atoms with E-state index >= 15 is 0 Å². The molecule has 0 heterocycles. The fraction of sp³-hybridized carbons (Fsp3) is 0.300. The molecule has 0 aliphatic carbocycles. The minimum atomic E-state index is 0.423. The third-order valence-corrected chi connectivity index (χ3v) is 3.92. The van der Waals surface area contributed by atoms with Crippen molar-refractivity contribution in [2.45, 2.75) is 19.4 Å². The van der Waals surface area contributed by atoms with Crippen LogP contribution in [-0.2, 0) is 0 Å². The van der Waals surface area contributed by atoms with Crippen molar-refractivity contribution >= 4 is 6.08 Å². The Labute approximate surface area is 134 Å². The maximum atomic E-state index is 5.23. The van der Waals surface area contributed by atoms with E-state index < -0.39 is 0 Å². The molecule has 0 bridgehead atoms. The minimum absolute atomic E-state index is 0.423. The van der Waals surface area contributed by atoms with Crippen LogP contribution in [0.2, 0.25) is 0 Å². The van der Waals surface area contributed by atoms with E-state index in [-0.39, 0.29) is 0 Å². The highest BCUT2D eigenvalue weighted by atomic mass is 16.5. The Balaban J connectivity index is 1.99. The lowest BCUT2D eigenvalue weighted by atomic mass is 10.0. The van der Waals surface area contributed by atoms with Gasteiger partial charge in [-0.05, 0) is 36.7 Å². The minimum Gasteiger partial charge on any atom is -0.497 e. The van der Waals surface area contributed by atoms with Gasteiger partial charge in [0.2, 0.25) is 0 Å². The van der Waals surface area contributed by atoms with Crippen molar-refractivity contribution in [3.05, 3.63) is 71.8 Å². The molecule has 0 amide bonds. The van der Waals surface area contributed by atoms with Crippen molar-refractivity contribution in [2.24, 2.45) is 0 Å². The van der Waals surface area contributed by atoms with Gasteiger partial charge in [-0.25, -0.2) is 0 Å². The van der Waals surface area contributed by atoms with E-state index in [0.29, 0.717) is 6.04 Å². The van der Waals surface area contributed by atoms with E-state index in [1.807, 2.05) is 18.2 Å². The van der Waals surface area contributed by atoms with Gasteiger partial charge in [0.1, 0.15) is 5.75 Å². The second-order valence-electron chi connectivity index (χ2n) is 5.45. The van der Waals surface area contributed by atoms with Crippen LogP contribution in [0.25, 0.3) is 6.08 Å². The maximum Gasteiger partial charge on any atom is 0.118 e. The summed E-state index contributed by atoms with van der Waals surface area (Å²) in [6.07, 6.45) is 5.49. The Kier molecular flexibility index (Phi) is 6.23. The molecule has 0 N–H and O–H groups in total. The zero-order valence-electron chi connectivity index (χ0n) is 13.7. The van der Waals surface area contributed by atoms with Crippen LogP contribution in [0.5, 0.6) is 5.75 Å². The van der Waals surface area contributed by atoms with Gasteiger partial charge >= 0.3 is 0 Å². The van der Waals surface area contributed by atoms with Gasteiger partial charge in [0, 0.05) is 12.6 Å². The molecule has 2 nitrogen and oxygen atoms in total. The summed E-state index contributed by atoms with van der Waals surface area (Å²) >= 11 is 0. The van der Waals surface area contributed by atoms with Crippen LogP contribution in [-0.4, -0.2) is 25.6 Å². The summed E-state index contributed by atoms with van der Waals surface area (Å²) in [5, 5.41) is 0. The number of benzene rings is 2. The quantitative estimate of drug-likeness (QED) is 0.728. The molecular weight excluding hydrogens is 270 g/mol. The summed E-state index contributed by atoms with van der Waals surface area (Å²) in [5.74, 6) is 0.908. The first-order valence-electron chi connectivity index (χ1n) is 7.80. The van der Waals surface area contributed by atoms with Crippen molar-refractivity contribution in [3.8, 4) is 5.75 Å². The molecule has 0 aromatic heterocycles. The predicted molar refractivity (Wildman–Crippen MR) is 94.1 cm³/mol. The van der Waals surface area contributed by atoms with E-state index in [0.717, 1.165) is 18.7 Å². The van der Waals surface area contributed by atoms with Gasteiger partial charge in [0.25, 0.3) is 0 Å². The summed E-state index contributed by atoms with van der Waals surface area (Å²) in [6, 6.07) is 19.2. The van der Waals surface area contributed by atoms with Crippen LogP contribution in [0.3, 0.4) is 0 Å². The highest BCUT2D eigenvalue weighted by molar-refractivity contribution is 5.48. The highest BCUT2D eigenvalue weighted by Gasteiger charge is 2.13. The van der Waals surface area contributed by atoms with Crippen LogP contribution < -0.4 is 4.74 Å². The molecule has 0 fully saturated rings. The lowest BCUT2D eigenvalue weighted by Crippen LogP contribution is -2.24. The van der Waals surface area contributed by atoms with Crippen LogP contribution in [0, 0.1) is 0 Å². The van der Waals surface area contributed by atoms with E-state index in [1.54, 1.807) is 7.11 Å². The molecule has 2 heteroatoms. The summed E-state index contributed by atoms with van der Waals surface area (Å²) in [5.41, 5.74) is 2.58. The van der Waals surface area contributed by atoms with Crippen molar-refractivity contribution in [1.82, 2.24) is 4.90 Å². The van der Waals surface area contributed by atoms with Crippen LogP contribution >= 0.6 is 0 Å². The van der Waals surface area contributed by atoms with Gasteiger partial charge in [0.15, 0.2) is 0 Å². The molecule has 2 aromatic carbocycles. The van der Waals surface area contributed by atoms with Crippen LogP contribution in [0.4, 0.5) is 0 Å². The summed E-state index contributed by atoms with van der Waals surface area (Å²) in [4.78, 5) is 2.38. The van der Waals surface area contributed by atoms with Crippen molar-refractivity contribution in [1.29, 1.82) is 0 Å². The third kappa shape index (κ3) is 4.47. The molecule has 2 rings (SSSR count). The predicted octanol–water partition coefficient (Wildman–Crippen LogP) is 4.79. The largest absolute Gasteiger partial charge is 0.497 e. The number of ether oxygens (including phenoxy) is 1. The lowest BCUT2D eigenvalue weighted by molar-refractivity contribution is 0.264. The molecule has 0 aliphatic heterocycles. The molecule has 0 saturated carbocycles. The number of likely N-dealkylation sites (N-methyl/N-ethyl adjacent to an activating group) is 1. The van der Waals surface area contributed by atoms with E-state index in [9.17, 15) is 0 Å². The Morgan fingerprint density at radius 3 is 2.32 bits per heavy atom. The molecule has 0 spiro atoms. The second kappa shape index (κ2) is 8.40. The Morgan fingerprint density at radius 2 is 1.73 bits per heavy atom. The summed E-state index contributed by atoms with van der Waals surface area (Å²) < 4.78 is 5.23. The number of methoxy groups -OCH3 is 1. The molecule has 2 aromatic rings. The van der Waals surface area contributed by atoms with E-state index in [4.69, 9.17) is 4.74 Å². The fourth-order valence-corrected chi connectivity index (χ4v) is 2.67. The zero-order chi connectivity index (χ0) is 15.8. The first-order valence-corrected chi connectivity index (χ1v) is 7.80. The van der Waals surface area contributed by atoms with Crippen molar-refractivity contribution in [3.63, 3.8) is 0 Å². The molecule has 0 saturated heterocycles. The number of nitrogens with zero attached hydrogens (tertiary/aromatic N) is 1. The average molecular weight is 295 g/mol. The monoisotopic (exact) mass is 295 g/mol. The maximum absolute atomic E-state index is 5.23. The second-order valence-corrected chi connectivity index (χ2v) is 5.45. The first kappa shape index (κ1) is 16.3. The molecule has 0 radical (unpaired) electrons. The van der Waals surface area contributed by atoms with E-state index in [2.05, 4.69) is 67.4 Å². The molecule has 0 aliphatic rings. The Bertz CT molecular complexity index is 574. The fourth-order valence-electron chi connectivity index (χ4n) is 2.67. The summed E-state index contributed by atoms with van der Waals surface area (Å²) in [6.45, 7) is 3.16. The SMILES string of the molecule is CCC(c1ccc(OC)cc1)N(C)CC=Cc1ccccc1. The topological polar surface area (TPSA) is 12.5 Å².